The van der Waals surface area contributed by atoms with Crippen LogP contribution in [-0.2, 0) is 9.63 Å². The van der Waals surface area contributed by atoms with E-state index in [-0.39, 0.29) is 12.5 Å². The average Bonchev–Trinajstić information content (AvgIpc) is 2.64. The first kappa shape index (κ1) is 20.9. The van der Waals surface area contributed by atoms with Crippen LogP contribution in [0.1, 0.15) is 19.4 Å². The van der Waals surface area contributed by atoms with E-state index < -0.39 is 0 Å². The number of hydrogen-bond acceptors (Lipinski definition) is 5. The largest absolute Gasteiger partial charge is 0.490 e. The molecule has 1 N–H and O–H groups in total. The molecule has 0 aliphatic carbocycles. The quantitative estimate of drug-likeness (QED) is 0.476. The number of carbonyl (C=O) groups excluding carboxylic acids is 1. The first-order chi connectivity index (χ1) is 13.0. The lowest BCUT2D eigenvalue weighted by molar-refractivity contribution is -0.120. The minimum Gasteiger partial charge on any atom is -0.490 e. The Morgan fingerprint density at radius 1 is 1.11 bits per heavy atom. The molecule has 0 aliphatic rings. The highest BCUT2D eigenvalue weighted by molar-refractivity contribution is 6.43. The first-order valence-corrected chi connectivity index (χ1v) is 9.09. The second-order valence-corrected chi connectivity index (χ2v) is 6.01. The summed E-state index contributed by atoms with van der Waals surface area (Å²) in [5, 5.41) is 7.23. The molecule has 0 atom stereocenters. The Morgan fingerprint density at radius 2 is 1.85 bits per heavy atom. The molecule has 144 valence electrons. The number of carbonyl (C=O) groups is 1. The Morgan fingerprint density at radius 3 is 2.59 bits per heavy atom. The van der Waals surface area contributed by atoms with Crippen molar-refractivity contribution in [1.82, 2.24) is 0 Å². The maximum absolute atomic E-state index is 12.0. The molecular formula is C19H20Cl2N2O4. The zero-order valence-corrected chi connectivity index (χ0v) is 16.5. The van der Waals surface area contributed by atoms with Gasteiger partial charge in [0.2, 0.25) is 0 Å². The Hall–Kier alpha value is -2.44. The monoisotopic (exact) mass is 410 g/mol. The number of rotatable bonds is 9. The number of amides is 1. The standard InChI is InChI=1S/C19H20Cl2N2O4/c1-3-25-16-9-8-14(10-17(16)26-4-2)23-18(24)12-27-22-11-13-6-5-7-15(20)19(13)21/h5-11H,3-4,12H2,1-2H3,(H,23,24)/b22-11-. The van der Waals surface area contributed by atoms with Crippen molar-refractivity contribution < 1.29 is 19.1 Å². The minimum absolute atomic E-state index is 0.258. The summed E-state index contributed by atoms with van der Waals surface area (Å²) in [5.41, 5.74) is 1.16. The first-order valence-electron chi connectivity index (χ1n) is 8.34. The van der Waals surface area contributed by atoms with Gasteiger partial charge in [0.1, 0.15) is 0 Å². The lowest BCUT2D eigenvalue weighted by atomic mass is 10.2. The number of nitrogens with one attached hydrogen (secondary N) is 1. The van der Waals surface area contributed by atoms with Crippen molar-refractivity contribution in [2.24, 2.45) is 5.16 Å². The predicted octanol–water partition coefficient (Wildman–Crippen LogP) is 4.78. The van der Waals surface area contributed by atoms with E-state index in [1.165, 1.54) is 6.21 Å². The number of ether oxygens (including phenoxy) is 2. The number of hydrogen-bond donors (Lipinski definition) is 1. The zero-order chi connectivity index (χ0) is 19.6. The van der Waals surface area contributed by atoms with E-state index in [4.69, 9.17) is 37.5 Å². The SMILES string of the molecule is CCOc1ccc(NC(=O)CO/N=C\c2cccc(Cl)c2Cl)cc1OCC. The second-order valence-electron chi connectivity index (χ2n) is 5.23. The van der Waals surface area contributed by atoms with Crippen molar-refractivity contribution >= 4 is 41.0 Å². The number of benzene rings is 2. The number of halogens is 2. The lowest BCUT2D eigenvalue weighted by Crippen LogP contribution is -2.17. The second kappa shape index (κ2) is 10.6. The van der Waals surface area contributed by atoms with Gasteiger partial charge in [-0.15, -0.1) is 0 Å². The summed E-state index contributed by atoms with van der Waals surface area (Å²) in [4.78, 5) is 17.0. The molecule has 2 rings (SSSR count). The van der Waals surface area contributed by atoms with Crippen LogP contribution in [0.15, 0.2) is 41.6 Å². The van der Waals surface area contributed by atoms with Gasteiger partial charge in [-0.05, 0) is 32.0 Å². The third-order valence-corrected chi connectivity index (χ3v) is 4.10. The van der Waals surface area contributed by atoms with Crippen LogP contribution >= 0.6 is 23.2 Å². The van der Waals surface area contributed by atoms with Crippen molar-refractivity contribution in [2.75, 3.05) is 25.1 Å². The smallest absolute Gasteiger partial charge is 0.265 e. The molecule has 0 bridgehead atoms. The minimum atomic E-state index is -0.365. The molecule has 1 amide bonds. The van der Waals surface area contributed by atoms with Gasteiger partial charge in [0.25, 0.3) is 5.91 Å². The maximum Gasteiger partial charge on any atom is 0.265 e. The van der Waals surface area contributed by atoms with E-state index in [0.29, 0.717) is 46.0 Å². The van der Waals surface area contributed by atoms with Crippen LogP contribution in [0.2, 0.25) is 10.0 Å². The molecule has 0 fully saturated rings. The summed E-state index contributed by atoms with van der Waals surface area (Å²) in [6, 6.07) is 10.3. The van der Waals surface area contributed by atoms with Gasteiger partial charge < -0.3 is 19.6 Å². The van der Waals surface area contributed by atoms with Crippen molar-refractivity contribution in [2.45, 2.75) is 13.8 Å². The fraction of sp³-hybridized carbons (Fsp3) is 0.263. The molecule has 0 radical (unpaired) electrons. The van der Waals surface area contributed by atoms with Crippen LogP contribution in [0.4, 0.5) is 5.69 Å². The van der Waals surface area contributed by atoms with Gasteiger partial charge in [-0.2, -0.15) is 0 Å². The number of nitrogens with zero attached hydrogens (tertiary/aromatic N) is 1. The molecule has 0 saturated carbocycles. The van der Waals surface area contributed by atoms with Crippen molar-refractivity contribution in [3.63, 3.8) is 0 Å². The molecular weight excluding hydrogens is 391 g/mol. The summed E-state index contributed by atoms with van der Waals surface area (Å²) in [7, 11) is 0. The zero-order valence-electron chi connectivity index (χ0n) is 15.0. The average molecular weight is 411 g/mol. The molecule has 0 unspecified atom stereocenters. The van der Waals surface area contributed by atoms with E-state index >= 15 is 0 Å². The molecule has 2 aromatic carbocycles. The van der Waals surface area contributed by atoms with Crippen molar-refractivity contribution in [3.8, 4) is 11.5 Å². The molecule has 6 nitrogen and oxygen atoms in total. The van der Waals surface area contributed by atoms with E-state index in [0.717, 1.165) is 0 Å². The Bertz CT molecular complexity index is 812. The van der Waals surface area contributed by atoms with Crippen molar-refractivity contribution in [3.05, 3.63) is 52.0 Å². The third kappa shape index (κ3) is 6.34. The number of anilines is 1. The van der Waals surface area contributed by atoms with Crippen LogP contribution in [-0.4, -0.2) is 31.9 Å². The predicted molar refractivity (Wildman–Crippen MR) is 107 cm³/mol. The highest BCUT2D eigenvalue weighted by atomic mass is 35.5. The topological polar surface area (TPSA) is 69.2 Å². The molecule has 0 spiro atoms. The molecule has 0 aromatic heterocycles. The molecule has 0 heterocycles. The van der Waals surface area contributed by atoms with Crippen LogP contribution < -0.4 is 14.8 Å². The fourth-order valence-corrected chi connectivity index (χ4v) is 2.49. The molecule has 0 saturated heterocycles. The Kier molecular flexibility index (Phi) is 8.23. The van der Waals surface area contributed by atoms with Crippen LogP contribution in [0.3, 0.4) is 0 Å². The Balaban J connectivity index is 1.90. The van der Waals surface area contributed by atoms with Crippen LogP contribution in [0.5, 0.6) is 11.5 Å². The summed E-state index contributed by atoms with van der Waals surface area (Å²) >= 11 is 12.0. The van der Waals surface area contributed by atoms with Gasteiger partial charge in [-0.3, -0.25) is 4.79 Å². The molecule has 27 heavy (non-hydrogen) atoms. The van der Waals surface area contributed by atoms with E-state index in [1.54, 1.807) is 36.4 Å². The fourth-order valence-electron chi connectivity index (χ4n) is 2.14. The lowest BCUT2D eigenvalue weighted by Gasteiger charge is -2.12. The molecule has 2 aromatic rings. The summed E-state index contributed by atoms with van der Waals surface area (Å²) in [6.45, 7) is 4.51. The van der Waals surface area contributed by atoms with Gasteiger partial charge in [0.05, 0.1) is 29.5 Å². The normalized spacial score (nSPS) is 10.7. The Labute approximate surface area is 168 Å². The van der Waals surface area contributed by atoms with Gasteiger partial charge >= 0.3 is 0 Å². The highest BCUT2D eigenvalue weighted by Crippen LogP contribution is 2.30. The molecule has 0 aliphatic heterocycles. The van der Waals surface area contributed by atoms with Gasteiger partial charge in [0, 0.05) is 17.3 Å². The number of oxime groups is 1. The van der Waals surface area contributed by atoms with E-state index in [2.05, 4.69) is 10.5 Å². The molecule has 8 heteroatoms. The van der Waals surface area contributed by atoms with Crippen LogP contribution in [0, 0.1) is 0 Å². The van der Waals surface area contributed by atoms with Gasteiger partial charge in [-0.25, -0.2) is 0 Å². The van der Waals surface area contributed by atoms with Gasteiger partial charge in [-0.1, -0.05) is 40.5 Å². The third-order valence-electron chi connectivity index (χ3n) is 3.27. The highest BCUT2D eigenvalue weighted by Gasteiger charge is 2.09. The van der Waals surface area contributed by atoms with E-state index in [9.17, 15) is 4.79 Å². The summed E-state index contributed by atoms with van der Waals surface area (Å²) in [5.74, 6) is 0.819. The summed E-state index contributed by atoms with van der Waals surface area (Å²) in [6.07, 6.45) is 1.39. The van der Waals surface area contributed by atoms with E-state index in [1.807, 2.05) is 13.8 Å². The van der Waals surface area contributed by atoms with Gasteiger partial charge in [0.15, 0.2) is 18.1 Å². The summed E-state index contributed by atoms with van der Waals surface area (Å²) < 4.78 is 11.0. The van der Waals surface area contributed by atoms with Crippen LogP contribution in [0.25, 0.3) is 0 Å². The maximum atomic E-state index is 12.0. The van der Waals surface area contributed by atoms with Crippen molar-refractivity contribution in [1.29, 1.82) is 0 Å².